The van der Waals surface area contributed by atoms with Gasteiger partial charge in [0.05, 0.1) is 35.6 Å². The quantitative estimate of drug-likeness (QED) is 0.117. The highest BCUT2D eigenvalue weighted by Crippen LogP contribution is 2.34. The Balaban J connectivity index is 1.65. The van der Waals surface area contributed by atoms with Gasteiger partial charge in [-0.05, 0) is 71.7 Å². The number of Topliss-reactive ketones (excluding diaryl/α,β-unsaturated/α-hetero) is 1. The molecule has 0 saturated carbocycles. The molecule has 12 heteroatoms. The second-order valence-corrected chi connectivity index (χ2v) is 12.4. The number of carbonyl (C=O) groups excluding carboxylic acids is 1. The Labute approximate surface area is 285 Å². The Morgan fingerprint density at radius 2 is 1.75 bits per heavy atom. The molecule has 0 aliphatic heterocycles. The van der Waals surface area contributed by atoms with E-state index in [0.29, 0.717) is 29.9 Å². The third-order valence-corrected chi connectivity index (χ3v) is 8.84. The maximum Gasteiger partial charge on any atom is 0.416 e. The standard InChI is InChI=1S/C36H40F3N7OS/c1-5-24(2)33(32(47)18-30-20-42-23-45(30)21-26-12-10-25(19-40)11-13-26)34(41)46(22-27-8-6-7-9-31(27)36(37,38)39)35(48)43-28-14-16-29(17-15-28)44(3)4/h6-17,20,23-24,33-34H,5,18,21-22,41H2,1-4H3,(H,43,48)/t24-,33+,34?/m0/s1. The van der Waals surface area contributed by atoms with Gasteiger partial charge in [-0.25, -0.2) is 4.98 Å². The molecule has 0 amide bonds. The monoisotopic (exact) mass is 675 g/mol. The van der Waals surface area contributed by atoms with Crippen molar-refractivity contribution in [3.8, 4) is 6.07 Å². The fraction of sp³-hybridized carbons (Fsp3) is 0.333. The number of aromatic nitrogens is 2. The van der Waals surface area contributed by atoms with Gasteiger partial charge in [0, 0.05) is 56.9 Å². The van der Waals surface area contributed by atoms with Crippen LogP contribution in [0.1, 0.15) is 48.2 Å². The molecule has 1 aromatic heterocycles. The van der Waals surface area contributed by atoms with Crippen molar-refractivity contribution in [2.45, 2.75) is 52.1 Å². The van der Waals surface area contributed by atoms with E-state index in [1.807, 2.05) is 73.8 Å². The highest BCUT2D eigenvalue weighted by molar-refractivity contribution is 7.80. The van der Waals surface area contributed by atoms with Crippen LogP contribution < -0.4 is 16.0 Å². The van der Waals surface area contributed by atoms with Crippen molar-refractivity contribution in [3.63, 3.8) is 0 Å². The molecule has 4 aromatic rings. The smallest absolute Gasteiger partial charge is 0.378 e. The zero-order chi connectivity index (χ0) is 35.0. The molecule has 0 aliphatic rings. The van der Waals surface area contributed by atoms with Crippen molar-refractivity contribution >= 4 is 34.5 Å². The Kier molecular flexibility index (Phi) is 12.0. The van der Waals surface area contributed by atoms with Crippen LogP contribution in [0.4, 0.5) is 24.5 Å². The summed E-state index contributed by atoms with van der Waals surface area (Å²) in [6.45, 7) is 4.03. The second kappa shape index (κ2) is 15.9. The summed E-state index contributed by atoms with van der Waals surface area (Å²) in [6.07, 6.45) is -1.76. The van der Waals surface area contributed by atoms with E-state index in [2.05, 4.69) is 16.4 Å². The van der Waals surface area contributed by atoms with Gasteiger partial charge in [0.25, 0.3) is 0 Å². The fourth-order valence-electron chi connectivity index (χ4n) is 5.58. The normalized spacial score (nSPS) is 13.2. The minimum Gasteiger partial charge on any atom is -0.378 e. The van der Waals surface area contributed by atoms with Crippen LogP contribution in [0, 0.1) is 23.2 Å². The van der Waals surface area contributed by atoms with Crippen molar-refractivity contribution in [1.29, 1.82) is 5.26 Å². The number of nitrogens with two attached hydrogens (primary N) is 1. The average molecular weight is 676 g/mol. The minimum atomic E-state index is -4.59. The van der Waals surface area contributed by atoms with E-state index in [9.17, 15) is 18.0 Å². The highest BCUT2D eigenvalue weighted by atomic mass is 32.1. The van der Waals surface area contributed by atoms with Crippen LogP contribution in [-0.4, -0.2) is 45.6 Å². The third-order valence-electron chi connectivity index (χ3n) is 8.51. The number of nitrogens with one attached hydrogen (secondary N) is 1. The lowest BCUT2D eigenvalue weighted by Gasteiger charge is -2.38. The molecular weight excluding hydrogens is 636 g/mol. The van der Waals surface area contributed by atoms with E-state index >= 15 is 0 Å². The van der Waals surface area contributed by atoms with Gasteiger partial charge in [-0.1, -0.05) is 50.6 Å². The molecule has 4 rings (SSSR count). The molecule has 0 bridgehead atoms. The highest BCUT2D eigenvalue weighted by Gasteiger charge is 2.38. The Hall–Kier alpha value is -4.73. The lowest BCUT2D eigenvalue weighted by Crippen LogP contribution is -2.55. The Morgan fingerprint density at radius 1 is 1.08 bits per heavy atom. The molecule has 1 unspecified atom stereocenters. The summed E-state index contributed by atoms with van der Waals surface area (Å²) >= 11 is 5.81. The number of alkyl halides is 3. The average Bonchev–Trinajstić information content (AvgIpc) is 3.49. The molecule has 1 heterocycles. The van der Waals surface area contributed by atoms with Gasteiger partial charge in [0.1, 0.15) is 5.78 Å². The Bertz CT molecular complexity index is 1730. The number of imidazole rings is 1. The van der Waals surface area contributed by atoms with Crippen molar-refractivity contribution in [2.75, 3.05) is 24.3 Å². The molecule has 3 atom stereocenters. The van der Waals surface area contributed by atoms with Crippen LogP contribution in [0.25, 0.3) is 0 Å². The topological polar surface area (TPSA) is 103 Å². The number of halogens is 3. The van der Waals surface area contributed by atoms with Crippen LogP contribution in [0.2, 0.25) is 0 Å². The fourth-order valence-corrected chi connectivity index (χ4v) is 5.88. The van der Waals surface area contributed by atoms with E-state index in [0.717, 1.165) is 17.3 Å². The maximum atomic E-state index is 14.2. The number of benzene rings is 3. The number of nitrogens with zero attached hydrogens (tertiary/aromatic N) is 5. The molecule has 48 heavy (non-hydrogen) atoms. The second-order valence-electron chi connectivity index (χ2n) is 12.0. The van der Waals surface area contributed by atoms with Gasteiger partial charge in [-0.2, -0.15) is 18.4 Å². The van der Waals surface area contributed by atoms with E-state index < -0.39 is 23.8 Å². The van der Waals surface area contributed by atoms with Gasteiger partial charge in [0.2, 0.25) is 0 Å². The first-order valence-electron chi connectivity index (χ1n) is 15.6. The van der Waals surface area contributed by atoms with E-state index in [1.165, 1.54) is 23.1 Å². The number of thiocarbonyl (C=S) groups is 1. The summed E-state index contributed by atoms with van der Waals surface area (Å²) in [5, 5.41) is 12.4. The predicted octanol–water partition coefficient (Wildman–Crippen LogP) is 6.85. The van der Waals surface area contributed by atoms with Crippen LogP contribution in [0.15, 0.2) is 85.3 Å². The van der Waals surface area contributed by atoms with Crippen molar-refractivity contribution in [3.05, 3.63) is 113 Å². The van der Waals surface area contributed by atoms with E-state index in [-0.39, 0.29) is 35.3 Å². The minimum absolute atomic E-state index is 0.0107. The number of rotatable bonds is 13. The summed E-state index contributed by atoms with van der Waals surface area (Å²) in [7, 11) is 3.83. The third kappa shape index (κ3) is 8.99. The van der Waals surface area contributed by atoms with Crippen molar-refractivity contribution in [1.82, 2.24) is 14.5 Å². The summed E-state index contributed by atoms with van der Waals surface area (Å²) in [5.41, 5.74) is 9.85. The molecular formula is C36H40F3N7OS. The van der Waals surface area contributed by atoms with Crippen LogP contribution >= 0.6 is 12.2 Å². The van der Waals surface area contributed by atoms with Gasteiger partial charge in [0.15, 0.2) is 5.11 Å². The zero-order valence-corrected chi connectivity index (χ0v) is 28.2. The molecule has 3 aromatic carbocycles. The van der Waals surface area contributed by atoms with Gasteiger partial charge >= 0.3 is 6.18 Å². The largest absolute Gasteiger partial charge is 0.416 e. The molecule has 0 saturated heterocycles. The molecule has 0 spiro atoms. The molecule has 3 N–H and O–H groups in total. The number of nitriles is 1. The first kappa shape index (κ1) is 36.1. The van der Waals surface area contributed by atoms with Crippen molar-refractivity contribution in [2.24, 2.45) is 17.6 Å². The predicted molar refractivity (Wildman–Crippen MR) is 186 cm³/mol. The van der Waals surface area contributed by atoms with Crippen molar-refractivity contribution < 1.29 is 18.0 Å². The first-order chi connectivity index (χ1) is 22.8. The number of anilines is 2. The summed E-state index contributed by atoms with van der Waals surface area (Å²) in [6, 6.07) is 22.0. The summed E-state index contributed by atoms with van der Waals surface area (Å²) < 4.78 is 44.1. The molecule has 0 fully saturated rings. The molecule has 0 aliphatic carbocycles. The summed E-state index contributed by atoms with van der Waals surface area (Å²) in [5.74, 6) is -1.17. The SMILES string of the molecule is CC[C@H](C)[C@H](C(=O)Cc1cncn1Cc1ccc(C#N)cc1)C(N)N(Cc1ccccc1C(F)(F)F)C(=S)Nc1ccc(N(C)C)cc1. The van der Waals surface area contributed by atoms with E-state index in [4.69, 9.17) is 23.2 Å². The Morgan fingerprint density at radius 3 is 2.35 bits per heavy atom. The number of carbonyl (C=O) groups is 1. The zero-order valence-electron chi connectivity index (χ0n) is 27.4. The summed E-state index contributed by atoms with van der Waals surface area (Å²) in [4.78, 5) is 21.9. The van der Waals surface area contributed by atoms with Gasteiger partial charge in [-0.15, -0.1) is 0 Å². The van der Waals surface area contributed by atoms with Gasteiger partial charge < -0.3 is 25.4 Å². The molecule has 8 nitrogen and oxygen atoms in total. The first-order valence-corrected chi connectivity index (χ1v) is 16.0. The number of hydrogen-bond acceptors (Lipinski definition) is 6. The number of ketones is 1. The van der Waals surface area contributed by atoms with Gasteiger partial charge in [-0.3, -0.25) is 4.79 Å². The van der Waals surface area contributed by atoms with Crippen LogP contribution in [0.3, 0.4) is 0 Å². The van der Waals surface area contributed by atoms with Crippen LogP contribution in [-0.2, 0) is 30.5 Å². The van der Waals surface area contributed by atoms with Crippen LogP contribution in [0.5, 0.6) is 0 Å². The maximum absolute atomic E-state index is 14.2. The van der Waals surface area contributed by atoms with E-state index in [1.54, 1.807) is 24.7 Å². The molecule has 0 radical (unpaired) electrons. The lowest BCUT2D eigenvalue weighted by molar-refractivity contribution is -0.138. The molecule has 252 valence electrons. The lowest BCUT2D eigenvalue weighted by atomic mass is 9.83. The number of hydrogen-bond donors (Lipinski definition) is 2.